The summed E-state index contributed by atoms with van der Waals surface area (Å²) >= 11 is 0. The number of anilines is 4. The standard InChI is InChI=1S/C22H25FN6O.ClH/c1-15(16-4-6-17(23)7-5-16)26-19-10-18(29-13-22(2,14-29)30-3)11-20(27-19)28-21-12-24-8-9-25-21;/h4-12,15H,13-14H2,1-3H3,(H2,25,26,27,28);1H/t15-;/m0./s1. The molecule has 1 aliphatic rings. The predicted molar refractivity (Wildman–Crippen MR) is 123 cm³/mol. The van der Waals surface area contributed by atoms with E-state index < -0.39 is 0 Å². The zero-order valence-corrected chi connectivity index (χ0v) is 18.5. The van der Waals surface area contributed by atoms with Crippen molar-refractivity contribution in [3.8, 4) is 0 Å². The Morgan fingerprint density at radius 1 is 1.10 bits per heavy atom. The van der Waals surface area contributed by atoms with Gasteiger partial charge in [0.15, 0.2) is 0 Å². The minimum absolute atomic E-state index is 0. The lowest BCUT2D eigenvalue weighted by Crippen LogP contribution is -2.61. The van der Waals surface area contributed by atoms with Crippen molar-refractivity contribution in [2.45, 2.75) is 25.5 Å². The summed E-state index contributed by atoms with van der Waals surface area (Å²) in [6, 6.07) is 10.4. The number of aromatic nitrogens is 3. The molecule has 9 heteroatoms. The molecule has 1 saturated heterocycles. The van der Waals surface area contributed by atoms with Crippen LogP contribution < -0.4 is 15.5 Å². The topological polar surface area (TPSA) is 75.2 Å². The molecule has 1 atom stereocenters. The maximum Gasteiger partial charge on any atom is 0.150 e. The summed E-state index contributed by atoms with van der Waals surface area (Å²) in [5.74, 6) is 1.74. The Hall–Kier alpha value is -2.97. The summed E-state index contributed by atoms with van der Waals surface area (Å²) in [6.45, 7) is 5.71. The Labute approximate surface area is 187 Å². The van der Waals surface area contributed by atoms with Gasteiger partial charge >= 0.3 is 0 Å². The van der Waals surface area contributed by atoms with Gasteiger partial charge in [0.2, 0.25) is 0 Å². The minimum Gasteiger partial charge on any atom is -0.375 e. The van der Waals surface area contributed by atoms with Crippen molar-refractivity contribution >= 4 is 35.5 Å². The van der Waals surface area contributed by atoms with Crippen molar-refractivity contribution in [1.82, 2.24) is 15.0 Å². The molecule has 2 aromatic heterocycles. The first kappa shape index (κ1) is 22.7. The largest absolute Gasteiger partial charge is 0.375 e. The maximum absolute atomic E-state index is 13.2. The van der Waals surface area contributed by atoms with E-state index in [0.717, 1.165) is 24.3 Å². The summed E-state index contributed by atoms with van der Waals surface area (Å²) in [4.78, 5) is 15.3. The van der Waals surface area contributed by atoms with Crippen LogP contribution in [0.2, 0.25) is 0 Å². The third kappa shape index (κ3) is 5.39. The van der Waals surface area contributed by atoms with Gasteiger partial charge in [0.05, 0.1) is 11.8 Å². The van der Waals surface area contributed by atoms with E-state index in [1.807, 2.05) is 19.1 Å². The van der Waals surface area contributed by atoms with Crippen molar-refractivity contribution < 1.29 is 9.13 Å². The Balaban J connectivity index is 0.00000272. The van der Waals surface area contributed by atoms with Crippen LogP contribution in [0.25, 0.3) is 0 Å². The number of nitrogens with one attached hydrogen (secondary N) is 2. The molecule has 0 aliphatic carbocycles. The predicted octanol–water partition coefficient (Wildman–Crippen LogP) is 4.57. The Morgan fingerprint density at radius 2 is 1.81 bits per heavy atom. The fourth-order valence-electron chi connectivity index (χ4n) is 3.46. The Kier molecular flexibility index (Phi) is 6.92. The zero-order chi connectivity index (χ0) is 21.1. The van der Waals surface area contributed by atoms with Crippen LogP contribution in [0.5, 0.6) is 0 Å². The molecule has 3 aromatic rings. The highest BCUT2D eigenvalue weighted by Gasteiger charge is 2.39. The molecule has 0 amide bonds. The van der Waals surface area contributed by atoms with Gasteiger partial charge in [0, 0.05) is 56.5 Å². The maximum atomic E-state index is 13.2. The van der Waals surface area contributed by atoms with Crippen molar-refractivity contribution in [3.05, 3.63) is 66.4 Å². The van der Waals surface area contributed by atoms with Gasteiger partial charge in [-0.05, 0) is 31.5 Å². The summed E-state index contributed by atoms with van der Waals surface area (Å²) in [5.41, 5.74) is 1.86. The molecular weight excluding hydrogens is 419 g/mol. The molecule has 7 nitrogen and oxygen atoms in total. The van der Waals surface area contributed by atoms with Crippen LogP contribution in [0.1, 0.15) is 25.5 Å². The number of benzene rings is 1. The highest BCUT2D eigenvalue weighted by molar-refractivity contribution is 5.85. The number of pyridine rings is 1. The van der Waals surface area contributed by atoms with Gasteiger partial charge in [0.1, 0.15) is 23.3 Å². The fourth-order valence-corrected chi connectivity index (χ4v) is 3.46. The molecule has 0 saturated carbocycles. The van der Waals surface area contributed by atoms with Crippen LogP contribution in [0.15, 0.2) is 55.0 Å². The molecule has 2 N–H and O–H groups in total. The van der Waals surface area contributed by atoms with Crippen molar-refractivity contribution in [3.63, 3.8) is 0 Å². The van der Waals surface area contributed by atoms with Gasteiger partial charge in [0.25, 0.3) is 0 Å². The number of rotatable bonds is 7. The lowest BCUT2D eigenvalue weighted by atomic mass is 9.96. The van der Waals surface area contributed by atoms with Crippen molar-refractivity contribution in [2.75, 3.05) is 35.7 Å². The molecule has 1 aromatic carbocycles. The van der Waals surface area contributed by atoms with E-state index in [2.05, 4.69) is 37.4 Å². The van der Waals surface area contributed by atoms with Gasteiger partial charge in [-0.3, -0.25) is 4.98 Å². The Bertz CT molecular complexity index is 999. The first-order chi connectivity index (χ1) is 14.4. The average Bonchev–Trinajstić information content (AvgIpc) is 2.72. The van der Waals surface area contributed by atoms with Gasteiger partial charge in [-0.1, -0.05) is 12.1 Å². The monoisotopic (exact) mass is 444 g/mol. The highest BCUT2D eigenvalue weighted by atomic mass is 35.5. The molecule has 3 heterocycles. The fraction of sp³-hybridized carbons (Fsp3) is 0.318. The molecular formula is C22H26ClFN6O. The number of ether oxygens (including phenoxy) is 1. The molecule has 0 spiro atoms. The zero-order valence-electron chi connectivity index (χ0n) is 17.7. The van der Waals surface area contributed by atoms with Gasteiger partial charge in [-0.15, -0.1) is 12.4 Å². The van der Waals surface area contributed by atoms with Crippen LogP contribution in [-0.2, 0) is 4.74 Å². The van der Waals surface area contributed by atoms with Crippen LogP contribution in [0.3, 0.4) is 0 Å². The highest BCUT2D eigenvalue weighted by Crippen LogP contribution is 2.33. The van der Waals surface area contributed by atoms with Gasteiger partial charge in [-0.2, -0.15) is 0 Å². The molecule has 0 bridgehead atoms. The van der Waals surface area contributed by atoms with Crippen LogP contribution >= 0.6 is 12.4 Å². The molecule has 1 fully saturated rings. The normalized spacial score (nSPS) is 15.4. The lowest BCUT2D eigenvalue weighted by Gasteiger charge is -2.48. The third-order valence-corrected chi connectivity index (χ3v) is 5.27. The molecule has 1 aliphatic heterocycles. The summed E-state index contributed by atoms with van der Waals surface area (Å²) in [6.07, 6.45) is 4.90. The minimum atomic E-state index is -0.250. The van der Waals surface area contributed by atoms with E-state index in [9.17, 15) is 4.39 Å². The average molecular weight is 445 g/mol. The smallest absolute Gasteiger partial charge is 0.150 e. The second-order valence-corrected chi connectivity index (χ2v) is 7.74. The second kappa shape index (κ2) is 9.45. The number of nitrogens with zero attached hydrogens (tertiary/aromatic N) is 4. The first-order valence-electron chi connectivity index (χ1n) is 9.81. The summed E-state index contributed by atoms with van der Waals surface area (Å²) in [7, 11) is 1.74. The molecule has 4 rings (SSSR count). The molecule has 0 radical (unpaired) electrons. The van der Waals surface area contributed by atoms with Crippen LogP contribution in [0, 0.1) is 5.82 Å². The molecule has 0 unspecified atom stereocenters. The van der Waals surface area contributed by atoms with E-state index >= 15 is 0 Å². The summed E-state index contributed by atoms with van der Waals surface area (Å²) < 4.78 is 18.8. The van der Waals surface area contributed by atoms with Gasteiger partial charge < -0.3 is 20.3 Å². The second-order valence-electron chi connectivity index (χ2n) is 7.74. The van der Waals surface area contributed by atoms with Crippen molar-refractivity contribution in [2.24, 2.45) is 0 Å². The van der Waals surface area contributed by atoms with E-state index in [4.69, 9.17) is 4.74 Å². The first-order valence-corrected chi connectivity index (χ1v) is 9.81. The summed E-state index contributed by atoms with van der Waals surface area (Å²) in [5, 5.41) is 6.63. The third-order valence-electron chi connectivity index (χ3n) is 5.27. The quantitative estimate of drug-likeness (QED) is 0.552. The number of methoxy groups -OCH3 is 1. The van der Waals surface area contributed by atoms with Crippen molar-refractivity contribution in [1.29, 1.82) is 0 Å². The number of hydrogen-bond acceptors (Lipinski definition) is 7. The number of halogens is 2. The Morgan fingerprint density at radius 3 is 2.45 bits per heavy atom. The van der Waals surface area contributed by atoms with E-state index in [-0.39, 0.29) is 29.9 Å². The molecule has 31 heavy (non-hydrogen) atoms. The van der Waals surface area contributed by atoms with Crippen LogP contribution in [-0.4, -0.2) is 40.8 Å². The van der Waals surface area contributed by atoms with E-state index in [1.54, 1.807) is 37.8 Å². The SMILES string of the molecule is COC1(C)CN(c2cc(Nc3cnccn3)nc(N[C@@H](C)c3ccc(F)cc3)c2)C1.Cl. The van der Waals surface area contributed by atoms with E-state index in [0.29, 0.717) is 17.5 Å². The van der Waals surface area contributed by atoms with Crippen LogP contribution in [0.4, 0.5) is 27.5 Å². The van der Waals surface area contributed by atoms with Gasteiger partial charge in [-0.25, -0.2) is 14.4 Å². The molecule has 164 valence electrons. The number of hydrogen-bond donors (Lipinski definition) is 2. The van der Waals surface area contributed by atoms with E-state index in [1.165, 1.54) is 12.1 Å². The lowest BCUT2D eigenvalue weighted by molar-refractivity contribution is -0.0167.